The van der Waals surface area contributed by atoms with Crippen LogP contribution in [-0.2, 0) is 26.3 Å². The number of likely N-dealkylation sites (tertiary alicyclic amines) is 1. The lowest BCUT2D eigenvalue weighted by molar-refractivity contribution is -0.138. The Morgan fingerprint density at radius 1 is 1.08 bits per heavy atom. The van der Waals surface area contributed by atoms with E-state index >= 15 is 0 Å². The van der Waals surface area contributed by atoms with Crippen molar-refractivity contribution >= 4 is 17.5 Å². The van der Waals surface area contributed by atoms with E-state index in [-0.39, 0.29) is 36.5 Å². The van der Waals surface area contributed by atoms with Gasteiger partial charge in [-0.1, -0.05) is 13.3 Å². The van der Waals surface area contributed by atoms with E-state index < -0.39 is 17.6 Å². The first-order valence-corrected chi connectivity index (χ1v) is 15.9. The molecule has 2 aliphatic rings. The molecule has 246 valence electrons. The molecule has 1 N–H and O–H groups in total. The van der Waals surface area contributed by atoms with Crippen LogP contribution in [0.4, 0.5) is 24.8 Å². The summed E-state index contributed by atoms with van der Waals surface area (Å²) in [6, 6.07) is 15.4. The Morgan fingerprint density at radius 3 is 2.62 bits per heavy atom. The molecule has 13 heteroatoms. The first-order valence-electron chi connectivity index (χ1n) is 15.9. The lowest BCUT2D eigenvalue weighted by Crippen LogP contribution is -2.34. The zero-order valence-corrected chi connectivity index (χ0v) is 26.7. The Balaban J connectivity index is 1.43. The van der Waals surface area contributed by atoms with Gasteiger partial charge in [-0.05, 0) is 90.0 Å². The summed E-state index contributed by atoms with van der Waals surface area (Å²) < 4.78 is 45.4. The van der Waals surface area contributed by atoms with Crippen molar-refractivity contribution in [1.29, 1.82) is 10.5 Å². The number of aryl methyl sites for hydroxylation is 1. The van der Waals surface area contributed by atoms with Gasteiger partial charge in [-0.2, -0.15) is 23.7 Å². The molecule has 1 amide bonds. The first kappa shape index (κ1) is 32.7. The molecule has 2 aliphatic heterocycles. The fourth-order valence-electron chi connectivity index (χ4n) is 6.61. The fourth-order valence-corrected chi connectivity index (χ4v) is 6.61. The number of benzene rings is 2. The van der Waals surface area contributed by atoms with Gasteiger partial charge in [-0.25, -0.2) is 4.98 Å². The molecule has 4 heterocycles. The van der Waals surface area contributed by atoms with Gasteiger partial charge >= 0.3 is 6.18 Å². The van der Waals surface area contributed by atoms with Crippen LogP contribution < -0.4 is 10.2 Å². The standard InChI is InChI=1S/C35H34F3N9O/c1-3-22-6-4-11-46(18-22)19-24-13-28-29(30(14-24)35(36,37)38)20-47(34(28)48)32-16-25(15-31(43-32)41-10-5-9-39)27-12-23(17-40)7-8-26(27)33-44-42-21-45(33)2/h7-8,12-16,21-22H,3-6,10-11,18-20H2,1-2H3,(H,41,43). The quantitative estimate of drug-likeness (QED) is 0.202. The number of carbonyl (C=O) groups is 1. The number of halogens is 3. The molecule has 48 heavy (non-hydrogen) atoms. The Morgan fingerprint density at radius 2 is 1.92 bits per heavy atom. The highest BCUT2D eigenvalue weighted by Crippen LogP contribution is 2.41. The van der Waals surface area contributed by atoms with Gasteiger partial charge in [0.15, 0.2) is 5.82 Å². The van der Waals surface area contributed by atoms with E-state index in [1.165, 1.54) is 11.0 Å². The third-order valence-corrected chi connectivity index (χ3v) is 9.04. The molecule has 1 atom stereocenters. The number of nitriles is 2. The summed E-state index contributed by atoms with van der Waals surface area (Å²) in [7, 11) is 1.78. The second-order valence-corrected chi connectivity index (χ2v) is 12.3. The highest BCUT2D eigenvalue weighted by atomic mass is 19.4. The van der Waals surface area contributed by atoms with E-state index in [1.54, 1.807) is 54.3 Å². The summed E-state index contributed by atoms with van der Waals surface area (Å²) in [5.41, 5.74) is 1.73. The smallest absolute Gasteiger partial charge is 0.369 e. The molecule has 2 aromatic carbocycles. The van der Waals surface area contributed by atoms with Gasteiger partial charge in [0.25, 0.3) is 5.91 Å². The minimum Gasteiger partial charge on any atom is -0.369 e. The van der Waals surface area contributed by atoms with Gasteiger partial charge in [0.1, 0.15) is 18.0 Å². The maximum absolute atomic E-state index is 14.5. The largest absolute Gasteiger partial charge is 0.416 e. The first-order chi connectivity index (χ1) is 23.1. The van der Waals surface area contributed by atoms with Gasteiger partial charge in [0.05, 0.1) is 36.2 Å². The van der Waals surface area contributed by atoms with Gasteiger partial charge < -0.3 is 9.88 Å². The van der Waals surface area contributed by atoms with Crippen LogP contribution >= 0.6 is 0 Å². The maximum Gasteiger partial charge on any atom is 0.416 e. The fraction of sp³-hybridized carbons (Fsp3) is 0.371. The van der Waals surface area contributed by atoms with Crippen molar-refractivity contribution in [1.82, 2.24) is 24.6 Å². The van der Waals surface area contributed by atoms with Crippen molar-refractivity contribution in [2.45, 2.75) is 51.9 Å². The molecule has 1 fully saturated rings. The number of rotatable bonds is 9. The van der Waals surface area contributed by atoms with Crippen molar-refractivity contribution in [3.8, 4) is 34.7 Å². The lowest BCUT2D eigenvalue weighted by Gasteiger charge is -2.32. The average molecular weight is 654 g/mol. The Bertz CT molecular complexity index is 1940. The molecular formula is C35H34F3N9O. The van der Waals surface area contributed by atoms with Crippen molar-refractivity contribution in [3.63, 3.8) is 0 Å². The Kier molecular flexibility index (Phi) is 9.16. The van der Waals surface area contributed by atoms with E-state index in [0.717, 1.165) is 32.4 Å². The molecular weight excluding hydrogens is 619 g/mol. The molecule has 0 saturated carbocycles. The Hall–Kier alpha value is -5.27. The van der Waals surface area contributed by atoms with E-state index in [1.807, 2.05) is 0 Å². The summed E-state index contributed by atoms with van der Waals surface area (Å²) in [4.78, 5) is 22.1. The molecule has 1 unspecified atom stereocenters. The number of anilines is 2. The second kappa shape index (κ2) is 13.5. The number of hydrogen-bond donors (Lipinski definition) is 1. The van der Waals surface area contributed by atoms with Crippen molar-refractivity contribution in [2.75, 3.05) is 29.9 Å². The van der Waals surface area contributed by atoms with Gasteiger partial charge in [-0.3, -0.25) is 14.6 Å². The molecule has 0 radical (unpaired) electrons. The number of piperidine rings is 1. The van der Waals surface area contributed by atoms with E-state index in [2.05, 4.69) is 44.5 Å². The zero-order chi connectivity index (χ0) is 34.0. The molecule has 10 nitrogen and oxygen atoms in total. The van der Waals surface area contributed by atoms with Crippen molar-refractivity contribution in [3.05, 3.63) is 76.6 Å². The minimum atomic E-state index is -4.66. The second-order valence-electron chi connectivity index (χ2n) is 12.3. The van der Waals surface area contributed by atoms with Crippen LogP contribution in [0, 0.1) is 28.6 Å². The van der Waals surface area contributed by atoms with Crippen LogP contribution in [0.5, 0.6) is 0 Å². The third kappa shape index (κ3) is 6.60. The van der Waals surface area contributed by atoms with Crippen LogP contribution in [-0.4, -0.2) is 50.2 Å². The molecule has 4 aromatic rings. The average Bonchev–Trinajstić information content (AvgIpc) is 3.66. The van der Waals surface area contributed by atoms with Crippen LogP contribution in [0.15, 0.2) is 48.8 Å². The topological polar surface area (TPSA) is 127 Å². The third-order valence-electron chi connectivity index (χ3n) is 9.04. The van der Waals surface area contributed by atoms with E-state index in [4.69, 9.17) is 5.26 Å². The number of amides is 1. The maximum atomic E-state index is 14.5. The van der Waals surface area contributed by atoms with Crippen LogP contribution in [0.25, 0.3) is 22.5 Å². The molecule has 0 spiro atoms. The summed E-state index contributed by atoms with van der Waals surface area (Å²) >= 11 is 0. The number of pyridine rings is 1. The molecule has 1 saturated heterocycles. The minimum absolute atomic E-state index is 0.0151. The molecule has 6 rings (SSSR count). The van der Waals surface area contributed by atoms with Gasteiger partial charge in [-0.15, -0.1) is 10.2 Å². The molecule has 0 bridgehead atoms. The SMILES string of the molecule is CCC1CCCN(Cc2cc3c(c(C(F)(F)F)c2)CN(c2cc(-c4cc(C#N)ccc4-c4nncn4C)cc(NCCC#N)n2)C3=O)C1. The van der Waals surface area contributed by atoms with Crippen molar-refractivity contribution < 1.29 is 18.0 Å². The van der Waals surface area contributed by atoms with Crippen LogP contribution in [0.2, 0.25) is 0 Å². The normalized spacial score (nSPS) is 16.4. The molecule has 2 aromatic heterocycles. The number of nitrogens with one attached hydrogen (secondary N) is 1. The number of carbonyl (C=O) groups excluding carboxylic acids is 1. The predicted molar refractivity (Wildman–Crippen MR) is 173 cm³/mol. The van der Waals surface area contributed by atoms with Crippen LogP contribution in [0.3, 0.4) is 0 Å². The highest BCUT2D eigenvalue weighted by Gasteiger charge is 2.41. The number of aromatic nitrogens is 4. The van der Waals surface area contributed by atoms with E-state index in [9.17, 15) is 23.2 Å². The van der Waals surface area contributed by atoms with Gasteiger partial charge in [0, 0.05) is 37.8 Å². The summed E-state index contributed by atoms with van der Waals surface area (Å²) in [6.07, 6.45) is 0.180. The Labute approximate surface area is 276 Å². The monoisotopic (exact) mass is 653 g/mol. The number of fused-ring (bicyclic) bond motifs is 1. The summed E-state index contributed by atoms with van der Waals surface area (Å²) in [6.45, 7) is 4.02. The zero-order valence-electron chi connectivity index (χ0n) is 26.7. The highest BCUT2D eigenvalue weighted by molar-refractivity contribution is 6.10. The lowest BCUT2D eigenvalue weighted by atomic mass is 9.94. The number of nitrogens with zero attached hydrogens (tertiary/aromatic N) is 8. The number of alkyl halides is 3. The predicted octanol–water partition coefficient (Wildman–Crippen LogP) is 6.54. The van der Waals surface area contributed by atoms with Crippen molar-refractivity contribution in [2.24, 2.45) is 13.0 Å². The number of hydrogen-bond acceptors (Lipinski definition) is 8. The van der Waals surface area contributed by atoms with Crippen LogP contribution in [0.1, 0.15) is 65.2 Å². The van der Waals surface area contributed by atoms with Gasteiger partial charge in [0.2, 0.25) is 0 Å². The summed E-state index contributed by atoms with van der Waals surface area (Å²) in [5.74, 6) is 0.910. The molecule has 0 aliphatic carbocycles. The summed E-state index contributed by atoms with van der Waals surface area (Å²) in [5, 5.41) is 30.1. The van der Waals surface area contributed by atoms with E-state index in [0.29, 0.717) is 51.9 Å².